The topological polar surface area (TPSA) is 20.3 Å². The van der Waals surface area contributed by atoms with Crippen molar-refractivity contribution in [2.24, 2.45) is 0 Å². The van der Waals surface area contributed by atoms with E-state index in [1.807, 2.05) is 12.1 Å². The van der Waals surface area contributed by atoms with E-state index in [-0.39, 0.29) is 11.6 Å². The third-order valence-electron chi connectivity index (χ3n) is 3.59. The quantitative estimate of drug-likeness (QED) is 0.740. The van der Waals surface area contributed by atoms with E-state index in [9.17, 15) is 9.18 Å². The van der Waals surface area contributed by atoms with Crippen molar-refractivity contribution in [1.29, 1.82) is 0 Å². The molecule has 0 bridgehead atoms. The summed E-state index contributed by atoms with van der Waals surface area (Å²) >= 11 is 0. The van der Waals surface area contributed by atoms with E-state index in [0.29, 0.717) is 18.5 Å². The van der Waals surface area contributed by atoms with Crippen LogP contribution in [0, 0.1) is 12.7 Å². The molecule has 0 amide bonds. The number of carbonyl (C=O) groups excluding carboxylic acids is 1. The highest BCUT2D eigenvalue weighted by Gasteiger charge is 2.11. The summed E-state index contributed by atoms with van der Waals surface area (Å²) in [6.07, 6.45) is 0.381. The summed E-state index contributed by atoms with van der Waals surface area (Å²) in [5.74, 6) is -0.395. The standard InChI is InChI=1S/C18H20FNO/c1-3-20(17-10-5-4-7-14(17)2)12-11-18(21)15-8-6-9-16(19)13-15/h4-10,13H,3,11-12H2,1-2H3. The number of anilines is 1. The number of benzene rings is 2. The Kier molecular flexibility index (Phi) is 5.09. The Labute approximate surface area is 125 Å². The first-order valence-electron chi connectivity index (χ1n) is 7.21. The van der Waals surface area contributed by atoms with Crippen LogP contribution in [-0.4, -0.2) is 18.9 Å². The van der Waals surface area contributed by atoms with E-state index in [1.165, 1.54) is 17.7 Å². The van der Waals surface area contributed by atoms with Gasteiger partial charge in [-0.15, -0.1) is 0 Å². The van der Waals surface area contributed by atoms with Crippen molar-refractivity contribution in [3.63, 3.8) is 0 Å². The van der Waals surface area contributed by atoms with Crippen LogP contribution in [0.15, 0.2) is 48.5 Å². The molecule has 0 atom stereocenters. The maximum atomic E-state index is 13.1. The fourth-order valence-electron chi connectivity index (χ4n) is 2.41. The van der Waals surface area contributed by atoms with Gasteiger partial charge in [-0.25, -0.2) is 4.39 Å². The average Bonchev–Trinajstić information content (AvgIpc) is 2.49. The molecule has 0 fully saturated rings. The predicted octanol–water partition coefficient (Wildman–Crippen LogP) is 4.23. The normalized spacial score (nSPS) is 10.4. The maximum absolute atomic E-state index is 13.1. The molecule has 0 aliphatic rings. The van der Waals surface area contributed by atoms with Crippen LogP contribution in [0.2, 0.25) is 0 Å². The highest BCUT2D eigenvalue weighted by Crippen LogP contribution is 2.19. The number of hydrogen-bond acceptors (Lipinski definition) is 2. The molecule has 0 N–H and O–H groups in total. The SMILES string of the molecule is CCN(CCC(=O)c1cccc(F)c1)c1ccccc1C. The van der Waals surface area contributed by atoms with Gasteiger partial charge in [0.25, 0.3) is 0 Å². The van der Waals surface area contributed by atoms with E-state index in [2.05, 4.69) is 30.9 Å². The molecule has 0 heterocycles. The summed E-state index contributed by atoms with van der Waals surface area (Å²) in [5, 5.41) is 0. The number of aryl methyl sites for hydroxylation is 1. The summed E-state index contributed by atoms with van der Waals surface area (Å²) in [5.41, 5.74) is 2.78. The molecule has 2 nitrogen and oxygen atoms in total. The molecule has 0 unspecified atom stereocenters. The molecular formula is C18H20FNO. The highest BCUT2D eigenvalue weighted by molar-refractivity contribution is 5.96. The number of hydrogen-bond donors (Lipinski definition) is 0. The first-order chi connectivity index (χ1) is 10.1. The Hall–Kier alpha value is -2.16. The fourth-order valence-corrected chi connectivity index (χ4v) is 2.41. The molecule has 0 saturated heterocycles. The molecule has 2 rings (SSSR count). The van der Waals surface area contributed by atoms with Crippen molar-refractivity contribution in [1.82, 2.24) is 0 Å². The number of ketones is 1. The van der Waals surface area contributed by atoms with Crippen LogP contribution in [0.5, 0.6) is 0 Å². The maximum Gasteiger partial charge on any atom is 0.164 e. The minimum Gasteiger partial charge on any atom is -0.371 e. The van der Waals surface area contributed by atoms with Gasteiger partial charge < -0.3 is 4.90 Å². The largest absolute Gasteiger partial charge is 0.371 e. The number of nitrogens with zero attached hydrogens (tertiary/aromatic N) is 1. The lowest BCUT2D eigenvalue weighted by molar-refractivity contribution is 0.0984. The molecule has 0 radical (unpaired) electrons. The molecule has 2 aromatic carbocycles. The van der Waals surface area contributed by atoms with Crippen LogP contribution in [-0.2, 0) is 0 Å². The van der Waals surface area contributed by atoms with Gasteiger partial charge in [-0.1, -0.05) is 30.3 Å². The van der Waals surface area contributed by atoms with Gasteiger partial charge in [-0.2, -0.15) is 0 Å². The van der Waals surface area contributed by atoms with E-state index < -0.39 is 0 Å². The first-order valence-corrected chi connectivity index (χ1v) is 7.21. The molecule has 0 saturated carbocycles. The summed E-state index contributed by atoms with van der Waals surface area (Å²) in [6.45, 7) is 5.60. The molecule has 21 heavy (non-hydrogen) atoms. The van der Waals surface area contributed by atoms with Crippen molar-refractivity contribution in [2.75, 3.05) is 18.0 Å². The van der Waals surface area contributed by atoms with Crippen LogP contribution in [0.1, 0.15) is 29.3 Å². The Bertz CT molecular complexity index is 624. The molecule has 2 aromatic rings. The predicted molar refractivity (Wildman–Crippen MR) is 84.4 cm³/mol. The van der Waals surface area contributed by atoms with Crippen molar-refractivity contribution in [2.45, 2.75) is 20.3 Å². The average molecular weight is 285 g/mol. The zero-order chi connectivity index (χ0) is 15.2. The van der Waals surface area contributed by atoms with Gasteiger partial charge in [-0.3, -0.25) is 4.79 Å². The minimum absolute atomic E-state index is 0.0264. The van der Waals surface area contributed by atoms with E-state index in [1.54, 1.807) is 12.1 Å². The van der Waals surface area contributed by atoms with Crippen LogP contribution in [0.25, 0.3) is 0 Å². The van der Waals surface area contributed by atoms with Crippen LogP contribution >= 0.6 is 0 Å². The van der Waals surface area contributed by atoms with Crippen molar-refractivity contribution >= 4 is 11.5 Å². The summed E-state index contributed by atoms with van der Waals surface area (Å²) in [4.78, 5) is 14.3. The molecule has 110 valence electrons. The summed E-state index contributed by atoms with van der Waals surface area (Å²) in [6, 6.07) is 14.0. The molecule has 0 aromatic heterocycles. The fraction of sp³-hybridized carbons (Fsp3) is 0.278. The second-order valence-corrected chi connectivity index (χ2v) is 5.05. The van der Waals surface area contributed by atoms with Crippen molar-refractivity contribution in [3.05, 3.63) is 65.5 Å². The van der Waals surface area contributed by atoms with E-state index in [4.69, 9.17) is 0 Å². The van der Waals surface area contributed by atoms with E-state index >= 15 is 0 Å². The van der Waals surface area contributed by atoms with Gasteiger partial charge in [0.1, 0.15) is 5.82 Å². The Morgan fingerprint density at radius 1 is 1.14 bits per heavy atom. The Balaban J connectivity index is 2.04. The number of halogens is 1. The van der Waals surface area contributed by atoms with Crippen LogP contribution in [0.3, 0.4) is 0 Å². The molecular weight excluding hydrogens is 265 g/mol. The van der Waals surface area contributed by atoms with Gasteiger partial charge >= 0.3 is 0 Å². The minimum atomic E-state index is -0.368. The number of Topliss-reactive ketones (excluding diaryl/α,β-unsaturated/α-hetero) is 1. The van der Waals surface area contributed by atoms with Gasteiger partial charge in [0.2, 0.25) is 0 Å². The lowest BCUT2D eigenvalue weighted by Crippen LogP contribution is -2.26. The zero-order valence-corrected chi connectivity index (χ0v) is 12.5. The molecule has 0 aliphatic carbocycles. The zero-order valence-electron chi connectivity index (χ0n) is 12.5. The Morgan fingerprint density at radius 2 is 1.90 bits per heavy atom. The van der Waals surface area contributed by atoms with Gasteiger partial charge in [0.15, 0.2) is 5.78 Å². The lowest BCUT2D eigenvalue weighted by atomic mass is 10.1. The van der Waals surface area contributed by atoms with Crippen molar-refractivity contribution in [3.8, 4) is 0 Å². The van der Waals surface area contributed by atoms with E-state index in [0.717, 1.165) is 12.2 Å². The third kappa shape index (κ3) is 3.91. The Morgan fingerprint density at radius 3 is 2.57 bits per heavy atom. The van der Waals surface area contributed by atoms with Gasteiger partial charge in [0, 0.05) is 30.8 Å². The number of para-hydroxylation sites is 1. The summed E-state index contributed by atoms with van der Waals surface area (Å²) < 4.78 is 13.1. The number of carbonyl (C=O) groups is 1. The summed E-state index contributed by atoms with van der Waals surface area (Å²) in [7, 11) is 0. The lowest BCUT2D eigenvalue weighted by Gasteiger charge is -2.24. The van der Waals surface area contributed by atoms with Gasteiger partial charge in [-0.05, 0) is 37.6 Å². The molecule has 0 spiro atoms. The second-order valence-electron chi connectivity index (χ2n) is 5.05. The van der Waals surface area contributed by atoms with Crippen LogP contribution in [0.4, 0.5) is 10.1 Å². The van der Waals surface area contributed by atoms with Crippen LogP contribution < -0.4 is 4.90 Å². The molecule has 0 aliphatic heterocycles. The molecule has 3 heteroatoms. The van der Waals surface area contributed by atoms with Gasteiger partial charge in [0.05, 0.1) is 0 Å². The first kappa shape index (κ1) is 15.2. The highest BCUT2D eigenvalue weighted by atomic mass is 19.1. The smallest absolute Gasteiger partial charge is 0.164 e. The van der Waals surface area contributed by atoms with Crippen molar-refractivity contribution < 1.29 is 9.18 Å². The number of rotatable bonds is 6. The second kappa shape index (κ2) is 7.02. The monoisotopic (exact) mass is 285 g/mol. The third-order valence-corrected chi connectivity index (χ3v) is 3.59.